The Balaban J connectivity index is 2.66. The van der Waals surface area contributed by atoms with Gasteiger partial charge in [-0.1, -0.05) is 6.07 Å². The molecule has 1 aromatic carbocycles. The molecular formula is C12H5F3N2. The van der Waals surface area contributed by atoms with Crippen molar-refractivity contribution in [3.8, 4) is 17.3 Å². The molecule has 0 unspecified atom stereocenters. The summed E-state index contributed by atoms with van der Waals surface area (Å²) in [6.07, 6.45) is 0. The molecule has 2 rings (SSSR count). The first kappa shape index (κ1) is 11.1. The minimum absolute atomic E-state index is 0.0130. The van der Waals surface area contributed by atoms with Crippen LogP contribution < -0.4 is 0 Å². The lowest BCUT2D eigenvalue weighted by molar-refractivity contribution is 0.574. The minimum Gasteiger partial charge on any atom is -0.220 e. The maximum Gasteiger partial charge on any atom is 0.213 e. The molecule has 1 heterocycles. The number of rotatable bonds is 1. The van der Waals surface area contributed by atoms with Gasteiger partial charge in [0.25, 0.3) is 0 Å². The molecule has 0 saturated heterocycles. The molecule has 84 valence electrons. The van der Waals surface area contributed by atoms with Crippen molar-refractivity contribution in [1.29, 1.82) is 5.26 Å². The van der Waals surface area contributed by atoms with Gasteiger partial charge in [-0.15, -0.1) is 0 Å². The van der Waals surface area contributed by atoms with E-state index in [1.54, 1.807) is 0 Å². The summed E-state index contributed by atoms with van der Waals surface area (Å²) in [7, 11) is 0. The summed E-state index contributed by atoms with van der Waals surface area (Å²) in [5.74, 6) is -2.76. The molecule has 0 spiro atoms. The van der Waals surface area contributed by atoms with Crippen LogP contribution in [0.5, 0.6) is 0 Å². The first-order valence-electron chi connectivity index (χ1n) is 4.64. The summed E-state index contributed by atoms with van der Waals surface area (Å²) in [6.45, 7) is 0. The van der Waals surface area contributed by atoms with Crippen LogP contribution in [0, 0.1) is 28.9 Å². The standard InChI is InChI=1S/C12H5F3N2/c13-9-5-4-7(12(15)8(9)6-16)10-2-1-3-11(14)17-10/h1-5H. The monoisotopic (exact) mass is 234 g/mol. The summed E-state index contributed by atoms with van der Waals surface area (Å²) in [6, 6.07) is 7.32. The molecule has 17 heavy (non-hydrogen) atoms. The van der Waals surface area contributed by atoms with Gasteiger partial charge in [-0.2, -0.15) is 9.65 Å². The zero-order valence-electron chi connectivity index (χ0n) is 8.42. The predicted molar refractivity (Wildman–Crippen MR) is 54.3 cm³/mol. The van der Waals surface area contributed by atoms with Gasteiger partial charge in [0.1, 0.15) is 17.4 Å². The van der Waals surface area contributed by atoms with E-state index in [-0.39, 0.29) is 11.3 Å². The van der Waals surface area contributed by atoms with E-state index >= 15 is 0 Å². The van der Waals surface area contributed by atoms with Crippen molar-refractivity contribution in [1.82, 2.24) is 4.98 Å². The summed E-state index contributed by atoms with van der Waals surface area (Å²) < 4.78 is 39.7. The number of nitriles is 1. The van der Waals surface area contributed by atoms with E-state index < -0.39 is 23.1 Å². The van der Waals surface area contributed by atoms with E-state index in [2.05, 4.69) is 4.98 Å². The van der Waals surface area contributed by atoms with E-state index in [4.69, 9.17) is 5.26 Å². The molecule has 0 aliphatic carbocycles. The lowest BCUT2D eigenvalue weighted by Crippen LogP contribution is -1.96. The molecule has 0 N–H and O–H groups in total. The number of benzene rings is 1. The molecule has 0 amide bonds. The zero-order valence-corrected chi connectivity index (χ0v) is 8.42. The van der Waals surface area contributed by atoms with Gasteiger partial charge in [-0.25, -0.2) is 13.8 Å². The van der Waals surface area contributed by atoms with Crippen LogP contribution in [-0.4, -0.2) is 4.98 Å². The van der Waals surface area contributed by atoms with Crippen LogP contribution in [0.15, 0.2) is 30.3 Å². The second-order valence-electron chi connectivity index (χ2n) is 3.24. The van der Waals surface area contributed by atoms with E-state index in [0.717, 1.165) is 18.2 Å². The molecule has 0 saturated carbocycles. The Morgan fingerprint density at radius 3 is 2.47 bits per heavy atom. The van der Waals surface area contributed by atoms with Gasteiger partial charge >= 0.3 is 0 Å². The summed E-state index contributed by atoms with van der Waals surface area (Å²) in [5.41, 5.74) is -0.796. The highest BCUT2D eigenvalue weighted by Crippen LogP contribution is 2.24. The molecular weight excluding hydrogens is 229 g/mol. The maximum absolute atomic E-state index is 13.7. The van der Waals surface area contributed by atoms with Crippen molar-refractivity contribution in [2.75, 3.05) is 0 Å². The summed E-state index contributed by atoms with van der Waals surface area (Å²) in [4.78, 5) is 3.47. The number of pyridine rings is 1. The lowest BCUT2D eigenvalue weighted by Gasteiger charge is -2.04. The van der Waals surface area contributed by atoms with Gasteiger partial charge in [0, 0.05) is 5.56 Å². The molecule has 2 aromatic rings. The molecule has 0 bridgehead atoms. The molecule has 2 nitrogen and oxygen atoms in total. The van der Waals surface area contributed by atoms with Crippen LogP contribution in [0.4, 0.5) is 13.2 Å². The fraction of sp³-hybridized carbons (Fsp3) is 0. The average Bonchev–Trinajstić information content (AvgIpc) is 2.29. The Bertz CT molecular complexity index is 618. The van der Waals surface area contributed by atoms with Gasteiger partial charge in [0.2, 0.25) is 5.95 Å². The van der Waals surface area contributed by atoms with Gasteiger partial charge in [0.05, 0.1) is 5.69 Å². The molecule has 0 radical (unpaired) electrons. The molecule has 0 aliphatic rings. The third kappa shape index (κ3) is 1.97. The van der Waals surface area contributed by atoms with Crippen molar-refractivity contribution in [3.63, 3.8) is 0 Å². The number of hydrogen-bond acceptors (Lipinski definition) is 2. The van der Waals surface area contributed by atoms with Gasteiger partial charge in [-0.3, -0.25) is 0 Å². The molecule has 5 heteroatoms. The van der Waals surface area contributed by atoms with Crippen LogP contribution in [0.2, 0.25) is 0 Å². The van der Waals surface area contributed by atoms with E-state index in [9.17, 15) is 13.2 Å². The van der Waals surface area contributed by atoms with Gasteiger partial charge < -0.3 is 0 Å². The van der Waals surface area contributed by atoms with Crippen molar-refractivity contribution in [2.24, 2.45) is 0 Å². The highest BCUT2D eigenvalue weighted by Gasteiger charge is 2.15. The molecule has 0 aliphatic heterocycles. The lowest BCUT2D eigenvalue weighted by atomic mass is 10.1. The number of halogens is 3. The average molecular weight is 234 g/mol. The van der Waals surface area contributed by atoms with Gasteiger partial charge in [0.15, 0.2) is 5.82 Å². The molecule has 1 aromatic heterocycles. The Morgan fingerprint density at radius 2 is 1.82 bits per heavy atom. The smallest absolute Gasteiger partial charge is 0.213 e. The third-order valence-electron chi connectivity index (χ3n) is 2.19. The Kier molecular flexibility index (Phi) is 2.79. The molecule has 0 atom stereocenters. The largest absolute Gasteiger partial charge is 0.220 e. The van der Waals surface area contributed by atoms with Crippen LogP contribution in [0.3, 0.4) is 0 Å². The number of hydrogen-bond donors (Lipinski definition) is 0. The van der Waals surface area contributed by atoms with Gasteiger partial charge in [-0.05, 0) is 24.3 Å². The number of aromatic nitrogens is 1. The second kappa shape index (κ2) is 4.26. The number of nitrogens with zero attached hydrogens (tertiary/aromatic N) is 2. The van der Waals surface area contributed by atoms with Crippen molar-refractivity contribution >= 4 is 0 Å². The summed E-state index contributed by atoms with van der Waals surface area (Å²) >= 11 is 0. The highest BCUT2D eigenvalue weighted by atomic mass is 19.1. The minimum atomic E-state index is -1.04. The van der Waals surface area contributed by atoms with E-state index in [1.165, 1.54) is 18.2 Å². The predicted octanol–water partition coefficient (Wildman–Crippen LogP) is 3.04. The zero-order chi connectivity index (χ0) is 12.4. The first-order chi connectivity index (χ1) is 8.13. The van der Waals surface area contributed by atoms with Crippen LogP contribution >= 0.6 is 0 Å². The third-order valence-corrected chi connectivity index (χ3v) is 2.19. The topological polar surface area (TPSA) is 36.7 Å². The highest BCUT2D eigenvalue weighted by molar-refractivity contribution is 5.62. The van der Waals surface area contributed by atoms with Crippen molar-refractivity contribution in [3.05, 3.63) is 53.5 Å². The molecule has 0 fully saturated rings. The fourth-order valence-electron chi connectivity index (χ4n) is 1.41. The normalized spacial score (nSPS) is 10.0. The Hall–Kier alpha value is -2.35. The van der Waals surface area contributed by atoms with Crippen molar-refractivity contribution in [2.45, 2.75) is 0 Å². The van der Waals surface area contributed by atoms with E-state index in [0.29, 0.717) is 0 Å². The first-order valence-corrected chi connectivity index (χ1v) is 4.64. The summed E-state index contributed by atoms with van der Waals surface area (Å²) in [5, 5.41) is 8.60. The maximum atomic E-state index is 13.7. The Labute approximate surface area is 95.0 Å². The Morgan fingerprint density at radius 1 is 1.06 bits per heavy atom. The van der Waals surface area contributed by atoms with Crippen molar-refractivity contribution < 1.29 is 13.2 Å². The van der Waals surface area contributed by atoms with Crippen LogP contribution in [0.25, 0.3) is 11.3 Å². The SMILES string of the molecule is N#Cc1c(F)ccc(-c2cccc(F)n2)c1F. The van der Waals surface area contributed by atoms with Crippen LogP contribution in [-0.2, 0) is 0 Å². The second-order valence-corrected chi connectivity index (χ2v) is 3.24. The van der Waals surface area contributed by atoms with Crippen LogP contribution in [0.1, 0.15) is 5.56 Å². The van der Waals surface area contributed by atoms with E-state index in [1.807, 2.05) is 0 Å². The quantitative estimate of drug-likeness (QED) is 0.711. The fourth-order valence-corrected chi connectivity index (χ4v) is 1.41.